The van der Waals surface area contributed by atoms with Crippen molar-refractivity contribution in [3.63, 3.8) is 0 Å². The minimum absolute atomic E-state index is 0.310. The number of hydrogen-bond acceptors (Lipinski definition) is 4. The molecule has 0 spiro atoms. The Kier molecular flexibility index (Phi) is 5.54. The van der Waals surface area contributed by atoms with Crippen molar-refractivity contribution in [1.82, 2.24) is 9.21 Å². The normalized spacial score (nSPS) is 16.5. The van der Waals surface area contributed by atoms with E-state index in [9.17, 15) is 13.7 Å². The van der Waals surface area contributed by atoms with E-state index in [4.69, 9.17) is 0 Å². The molecule has 1 heterocycles. The van der Waals surface area contributed by atoms with E-state index in [1.54, 1.807) is 18.2 Å². The lowest BCUT2D eigenvalue weighted by Crippen LogP contribution is -2.48. The van der Waals surface area contributed by atoms with Gasteiger partial charge in [0.25, 0.3) is 0 Å². The van der Waals surface area contributed by atoms with Crippen molar-refractivity contribution in [2.24, 2.45) is 0 Å². The molecule has 0 radical (unpaired) electrons. The summed E-state index contributed by atoms with van der Waals surface area (Å²) < 4.78 is 27.8. The van der Waals surface area contributed by atoms with Crippen LogP contribution in [-0.4, -0.2) is 43.8 Å². The average molecular weight is 420 g/mol. The van der Waals surface area contributed by atoms with Crippen LogP contribution in [0.3, 0.4) is 0 Å². The Balaban J connectivity index is 1.67. The minimum atomic E-state index is -3.47. The molecule has 0 bridgehead atoms. The first-order chi connectivity index (χ1) is 12.0. The molecule has 0 saturated carbocycles. The molecule has 0 N–H and O–H groups in total. The predicted octanol–water partition coefficient (Wildman–Crippen LogP) is 2.83. The van der Waals surface area contributed by atoms with Gasteiger partial charge in [-0.15, -0.1) is 0 Å². The quantitative estimate of drug-likeness (QED) is 0.763. The molecule has 2 aromatic rings. The molecule has 5 nitrogen and oxygen atoms in total. The van der Waals surface area contributed by atoms with Crippen molar-refractivity contribution >= 4 is 26.0 Å². The summed E-state index contributed by atoms with van der Waals surface area (Å²) in [5.41, 5.74) is 1.65. The van der Waals surface area contributed by atoms with E-state index in [1.165, 1.54) is 4.31 Å². The van der Waals surface area contributed by atoms with Gasteiger partial charge in [-0.1, -0.05) is 40.2 Å². The van der Waals surface area contributed by atoms with Crippen molar-refractivity contribution < 1.29 is 8.42 Å². The van der Waals surface area contributed by atoms with Crippen LogP contribution in [0.4, 0.5) is 0 Å². The van der Waals surface area contributed by atoms with Gasteiger partial charge in [-0.2, -0.15) is 9.57 Å². The summed E-state index contributed by atoms with van der Waals surface area (Å²) in [5, 5.41) is 9.19. The zero-order valence-electron chi connectivity index (χ0n) is 13.6. The summed E-state index contributed by atoms with van der Waals surface area (Å²) in [6.07, 6.45) is 0. The highest BCUT2D eigenvalue weighted by Crippen LogP contribution is 2.22. The first kappa shape index (κ1) is 18.1. The number of piperazine rings is 1. The van der Waals surface area contributed by atoms with E-state index in [1.807, 2.05) is 30.3 Å². The molecule has 25 heavy (non-hydrogen) atoms. The average Bonchev–Trinajstić information content (AvgIpc) is 2.63. The number of hydrogen-bond donors (Lipinski definition) is 0. The maximum Gasteiger partial charge on any atom is 0.243 e. The van der Waals surface area contributed by atoms with Crippen LogP contribution in [0.15, 0.2) is 57.9 Å². The summed E-state index contributed by atoms with van der Waals surface area (Å²) in [6.45, 7) is 2.85. The molecule has 1 fully saturated rings. The highest BCUT2D eigenvalue weighted by atomic mass is 79.9. The van der Waals surface area contributed by atoms with Gasteiger partial charge in [0.05, 0.1) is 16.5 Å². The van der Waals surface area contributed by atoms with Crippen LogP contribution in [0.1, 0.15) is 11.1 Å². The Hall–Kier alpha value is -1.72. The van der Waals surface area contributed by atoms with E-state index in [-0.39, 0.29) is 0 Å². The van der Waals surface area contributed by atoms with Crippen LogP contribution in [0.25, 0.3) is 0 Å². The van der Waals surface area contributed by atoms with Gasteiger partial charge < -0.3 is 0 Å². The molecule has 1 aliphatic rings. The summed E-state index contributed by atoms with van der Waals surface area (Å²) >= 11 is 3.32. The molecule has 0 aliphatic carbocycles. The van der Waals surface area contributed by atoms with Crippen LogP contribution in [0.5, 0.6) is 0 Å². The maximum atomic E-state index is 12.7. The molecular formula is C18H18BrN3O2S. The second-order valence-corrected chi connectivity index (χ2v) is 8.76. The van der Waals surface area contributed by atoms with E-state index in [0.717, 1.165) is 10.0 Å². The largest absolute Gasteiger partial charge is 0.296 e. The van der Waals surface area contributed by atoms with E-state index >= 15 is 0 Å². The summed E-state index contributed by atoms with van der Waals surface area (Å²) in [7, 11) is -3.47. The Morgan fingerprint density at radius 1 is 1.04 bits per heavy atom. The van der Waals surface area contributed by atoms with Crippen molar-refractivity contribution in [1.29, 1.82) is 5.26 Å². The molecular weight excluding hydrogens is 402 g/mol. The Morgan fingerprint density at radius 2 is 1.76 bits per heavy atom. The van der Waals surface area contributed by atoms with Crippen LogP contribution in [0.2, 0.25) is 0 Å². The van der Waals surface area contributed by atoms with Gasteiger partial charge in [-0.05, 0) is 29.8 Å². The molecule has 0 aromatic heterocycles. The highest BCUT2D eigenvalue weighted by molar-refractivity contribution is 9.10. The van der Waals surface area contributed by atoms with E-state index in [2.05, 4.69) is 26.9 Å². The second kappa shape index (κ2) is 7.67. The fraction of sp³-hybridized carbons (Fsp3) is 0.278. The third kappa shape index (κ3) is 4.10. The van der Waals surface area contributed by atoms with Gasteiger partial charge in [0.2, 0.25) is 10.0 Å². The lowest BCUT2D eigenvalue weighted by atomic mass is 10.1. The molecule has 1 aliphatic heterocycles. The lowest BCUT2D eigenvalue weighted by Gasteiger charge is -2.34. The van der Waals surface area contributed by atoms with Gasteiger partial charge in [0, 0.05) is 37.2 Å². The van der Waals surface area contributed by atoms with Gasteiger partial charge in [-0.3, -0.25) is 4.90 Å². The molecule has 0 atom stereocenters. The number of halogens is 1. The van der Waals surface area contributed by atoms with Crippen LogP contribution < -0.4 is 0 Å². The molecule has 0 amide bonds. The van der Waals surface area contributed by atoms with E-state index in [0.29, 0.717) is 43.2 Å². The zero-order chi connectivity index (χ0) is 17.9. The SMILES string of the molecule is N#Cc1ccccc1CN1CCN(S(=O)(=O)c2cccc(Br)c2)CC1. The summed E-state index contributed by atoms with van der Waals surface area (Å²) in [6, 6.07) is 16.5. The van der Waals surface area contributed by atoms with Gasteiger partial charge in [0.1, 0.15) is 0 Å². The topological polar surface area (TPSA) is 64.4 Å². The van der Waals surface area contributed by atoms with Crippen LogP contribution >= 0.6 is 15.9 Å². The molecule has 0 unspecified atom stereocenters. The van der Waals surface area contributed by atoms with Crippen molar-refractivity contribution in [3.8, 4) is 6.07 Å². The predicted molar refractivity (Wildman–Crippen MR) is 99.3 cm³/mol. The Bertz CT molecular complexity index is 901. The Labute approximate surface area is 156 Å². The fourth-order valence-corrected chi connectivity index (χ4v) is 4.93. The Morgan fingerprint density at radius 3 is 2.44 bits per heavy atom. The van der Waals surface area contributed by atoms with Gasteiger partial charge >= 0.3 is 0 Å². The molecule has 2 aromatic carbocycles. The standard InChI is InChI=1S/C18H18BrN3O2S/c19-17-6-3-7-18(12-17)25(23,24)22-10-8-21(9-11-22)14-16-5-2-1-4-15(16)13-20/h1-7,12H,8-11,14H2. The third-order valence-corrected chi connectivity index (χ3v) is 6.68. The monoisotopic (exact) mass is 419 g/mol. The second-order valence-electron chi connectivity index (χ2n) is 5.91. The minimum Gasteiger partial charge on any atom is -0.296 e. The van der Waals surface area contributed by atoms with E-state index < -0.39 is 10.0 Å². The third-order valence-electron chi connectivity index (χ3n) is 4.30. The van der Waals surface area contributed by atoms with Crippen molar-refractivity contribution in [2.45, 2.75) is 11.4 Å². The highest BCUT2D eigenvalue weighted by Gasteiger charge is 2.28. The maximum absolute atomic E-state index is 12.7. The lowest BCUT2D eigenvalue weighted by molar-refractivity contribution is 0.181. The molecule has 3 rings (SSSR count). The number of benzene rings is 2. The number of nitrogens with zero attached hydrogens (tertiary/aromatic N) is 3. The molecule has 7 heteroatoms. The van der Waals surface area contributed by atoms with Crippen molar-refractivity contribution in [3.05, 3.63) is 64.1 Å². The number of rotatable bonds is 4. The summed E-state index contributed by atoms with van der Waals surface area (Å²) in [4.78, 5) is 2.49. The first-order valence-electron chi connectivity index (χ1n) is 7.97. The first-order valence-corrected chi connectivity index (χ1v) is 10.2. The zero-order valence-corrected chi connectivity index (χ0v) is 16.0. The number of nitriles is 1. The number of sulfonamides is 1. The van der Waals surface area contributed by atoms with Gasteiger partial charge in [0.15, 0.2) is 0 Å². The van der Waals surface area contributed by atoms with Crippen LogP contribution in [-0.2, 0) is 16.6 Å². The van der Waals surface area contributed by atoms with Gasteiger partial charge in [-0.25, -0.2) is 8.42 Å². The van der Waals surface area contributed by atoms with Crippen LogP contribution in [0, 0.1) is 11.3 Å². The smallest absolute Gasteiger partial charge is 0.243 e. The molecule has 1 saturated heterocycles. The summed E-state index contributed by atoms with van der Waals surface area (Å²) in [5.74, 6) is 0. The molecule has 130 valence electrons. The fourth-order valence-electron chi connectivity index (χ4n) is 2.91. The van der Waals surface area contributed by atoms with Crippen molar-refractivity contribution in [2.75, 3.05) is 26.2 Å².